The van der Waals surface area contributed by atoms with Crippen LogP contribution >= 0.6 is 0 Å². The van der Waals surface area contributed by atoms with Crippen molar-refractivity contribution in [1.82, 2.24) is 0 Å². The van der Waals surface area contributed by atoms with Crippen molar-refractivity contribution in [2.75, 3.05) is 0 Å². The average molecular weight is 189 g/mol. The first-order valence-corrected chi connectivity index (χ1v) is 4.11. The monoisotopic (exact) mass is 189 g/mol. The molecule has 2 rings (SSSR count). The van der Waals surface area contributed by atoms with E-state index in [1.807, 2.05) is 0 Å². The number of hydrogen-bond acceptors (Lipinski definition) is 2. The number of hydrogen-bond donors (Lipinski definition) is 1. The molecule has 70 valence electrons. The molecule has 1 heterocycles. The molecule has 0 unspecified atom stereocenters. The van der Waals surface area contributed by atoms with Crippen molar-refractivity contribution in [3.05, 3.63) is 34.9 Å². The smallest absolute Gasteiger partial charge is 0.335 e. The zero-order chi connectivity index (χ0) is 10.1. The number of carbonyl (C=O) groups is 2. The Kier molecular flexibility index (Phi) is 1.89. The Balaban J connectivity index is 2.52. The van der Waals surface area contributed by atoms with Crippen LogP contribution < -0.4 is 0 Å². The van der Waals surface area contributed by atoms with Gasteiger partial charge in [0.05, 0.1) is 5.56 Å². The molecule has 1 aliphatic heterocycles. The van der Waals surface area contributed by atoms with Crippen LogP contribution in [0.1, 0.15) is 26.3 Å². The van der Waals surface area contributed by atoms with Gasteiger partial charge in [-0.25, -0.2) is 9.79 Å². The van der Waals surface area contributed by atoms with Gasteiger partial charge >= 0.3 is 5.97 Å². The highest BCUT2D eigenvalue weighted by molar-refractivity contribution is 6.04. The van der Waals surface area contributed by atoms with Crippen molar-refractivity contribution in [3.8, 4) is 0 Å². The number of amides is 1. The molecule has 1 aromatic carbocycles. The van der Waals surface area contributed by atoms with E-state index in [-0.39, 0.29) is 11.5 Å². The molecule has 0 radical (unpaired) electrons. The van der Waals surface area contributed by atoms with Crippen LogP contribution in [0.5, 0.6) is 0 Å². The number of aliphatic imine (C=N–C) groups is 1. The molecule has 4 nitrogen and oxygen atoms in total. The van der Waals surface area contributed by atoms with Gasteiger partial charge < -0.3 is 5.11 Å². The predicted octanol–water partition coefficient (Wildman–Crippen LogP) is 1.15. The maximum absolute atomic E-state index is 11.2. The van der Waals surface area contributed by atoms with Gasteiger partial charge in [0.15, 0.2) is 0 Å². The number of carboxylic acids is 1. The summed E-state index contributed by atoms with van der Waals surface area (Å²) in [5.74, 6) is -1.29. The largest absolute Gasteiger partial charge is 0.478 e. The summed E-state index contributed by atoms with van der Waals surface area (Å²) in [6, 6.07) is 4.44. The standard InChI is InChI=1S/C10H7NO3/c12-9-8-2-1-7(10(13)14)5-6(8)3-4-11-9/h1-2,4-5H,3H2,(H,13,14). The predicted molar refractivity (Wildman–Crippen MR) is 49.9 cm³/mol. The SMILES string of the molecule is O=C(O)c1ccc2c(c1)CC=NC2=O. The number of nitrogens with zero attached hydrogens (tertiary/aromatic N) is 1. The second-order valence-corrected chi connectivity index (χ2v) is 3.00. The molecule has 0 atom stereocenters. The second kappa shape index (κ2) is 3.06. The number of benzene rings is 1. The molecular weight excluding hydrogens is 182 g/mol. The summed E-state index contributed by atoms with van der Waals surface area (Å²) < 4.78 is 0. The van der Waals surface area contributed by atoms with Crippen LogP contribution in [0.25, 0.3) is 0 Å². The van der Waals surface area contributed by atoms with Gasteiger partial charge in [-0.05, 0) is 23.8 Å². The molecule has 0 saturated heterocycles. The Labute approximate surface area is 79.9 Å². The van der Waals surface area contributed by atoms with Gasteiger partial charge in [-0.2, -0.15) is 0 Å². The normalized spacial score (nSPS) is 13.9. The highest BCUT2D eigenvalue weighted by Crippen LogP contribution is 2.16. The number of carbonyl (C=O) groups excluding carboxylic acids is 1. The lowest BCUT2D eigenvalue weighted by Gasteiger charge is -2.08. The van der Waals surface area contributed by atoms with E-state index in [4.69, 9.17) is 5.11 Å². The topological polar surface area (TPSA) is 66.7 Å². The minimum atomic E-state index is -0.984. The van der Waals surface area contributed by atoms with Crippen LogP contribution in [0.4, 0.5) is 0 Å². The summed E-state index contributed by atoms with van der Waals surface area (Å²) >= 11 is 0. The zero-order valence-corrected chi connectivity index (χ0v) is 7.23. The molecule has 4 heteroatoms. The van der Waals surface area contributed by atoms with Gasteiger partial charge in [0.25, 0.3) is 5.91 Å². The van der Waals surface area contributed by atoms with E-state index in [0.29, 0.717) is 12.0 Å². The van der Waals surface area contributed by atoms with Crippen LogP contribution in [-0.2, 0) is 6.42 Å². The van der Waals surface area contributed by atoms with Crippen molar-refractivity contribution in [1.29, 1.82) is 0 Å². The van der Waals surface area contributed by atoms with Crippen molar-refractivity contribution in [2.24, 2.45) is 4.99 Å². The number of rotatable bonds is 1. The van der Waals surface area contributed by atoms with E-state index in [2.05, 4.69) is 4.99 Å². The summed E-state index contributed by atoms with van der Waals surface area (Å²) in [7, 11) is 0. The zero-order valence-electron chi connectivity index (χ0n) is 7.23. The van der Waals surface area contributed by atoms with Gasteiger partial charge in [0.1, 0.15) is 0 Å². The lowest BCUT2D eigenvalue weighted by Crippen LogP contribution is -2.10. The first-order chi connectivity index (χ1) is 6.68. The van der Waals surface area contributed by atoms with E-state index < -0.39 is 5.97 Å². The lowest BCUT2D eigenvalue weighted by molar-refractivity contribution is 0.0696. The Morgan fingerprint density at radius 1 is 1.43 bits per heavy atom. The van der Waals surface area contributed by atoms with Gasteiger partial charge in [0, 0.05) is 18.2 Å². The van der Waals surface area contributed by atoms with Crippen molar-refractivity contribution < 1.29 is 14.7 Å². The van der Waals surface area contributed by atoms with Crippen molar-refractivity contribution in [3.63, 3.8) is 0 Å². The molecular formula is C10H7NO3. The third-order valence-electron chi connectivity index (χ3n) is 2.10. The Morgan fingerprint density at radius 3 is 2.93 bits per heavy atom. The highest BCUT2D eigenvalue weighted by Gasteiger charge is 2.15. The molecule has 0 bridgehead atoms. The summed E-state index contributed by atoms with van der Waals surface area (Å²) in [4.78, 5) is 25.5. The summed E-state index contributed by atoms with van der Waals surface area (Å²) in [6.45, 7) is 0. The van der Waals surface area contributed by atoms with Gasteiger partial charge in [-0.1, -0.05) is 0 Å². The minimum Gasteiger partial charge on any atom is -0.478 e. The molecule has 0 spiro atoms. The van der Waals surface area contributed by atoms with Gasteiger partial charge in [-0.3, -0.25) is 4.79 Å². The van der Waals surface area contributed by atoms with Gasteiger partial charge in [-0.15, -0.1) is 0 Å². The molecule has 0 aliphatic carbocycles. The van der Waals surface area contributed by atoms with Gasteiger partial charge in [0.2, 0.25) is 0 Å². The fraction of sp³-hybridized carbons (Fsp3) is 0.100. The van der Waals surface area contributed by atoms with E-state index in [0.717, 1.165) is 5.56 Å². The Bertz CT molecular complexity index is 449. The molecule has 1 N–H and O–H groups in total. The fourth-order valence-electron chi connectivity index (χ4n) is 1.40. The molecule has 0 saturated carbocycles. The molecule has 14 heavy (non-hydrogen) atoms. The van der Waals surface area contributed by atoms with Crippen LogP contribution in [0.3, 0.4) is 0 Å². The maximum atomic E-state index is 11.2. The fourth-order valence-corrected chi connectivity index (χ4v) is 1.40. The average Bonchev–Trinajstić information content (AvgIpc) is 2.17. The minimum absolute atomic E-state index is 0.201. The third-order valence-corrected chi connectivity index (χ3v) is 2.10. The molecule has 1 aliphatic rings. The van der Waals surface area contributed by atoms with Crippen LogP contribution in [0.2, 0.25) is 0 Å². The first kappa shape index (κ1) is 8.62. The molecule has 0 fully saturated rings. The van der Waals surface area contributed by atoms with E-state index in [1.165, 1.54) is 24.4 Å². The second-order valence-electron chi connectivity index (χ2n) is 3.00. The van der Waals surface area contributed by atoms with E-state index >= 15 is 0 Å². The maximum Gasteiger partial charge on any atom is 0.335 e. The Hall–Kier alpha value is -1.97. The molecule has 0 aromatic heterocycles. The first-order valence-electron chi connectivity index (χ1n) is 4.11. The van der Waals surface area contributed by atoms with E-state index in [9.17, 15) is 9.59 Å². The number of aromatic carboxylic acids is 1. The highest BCUT2D eigenvalue weighted by atomic mass is 16.4. The lowest BCUT2D eigenvalue weighted by atomic mass is 9.99. The summed E-state index contributed by atoms with van der Waals surface area (Å²) in [5.41, 5.74) is 1.43. The van der Waals surface area contributed by atoms with Crippen molar-refractivity contribution >= 4 is 18.1 Å². The van der Waals surface area contributed by atoms with Crippen LogP contribution in [0, 0.1) is 0 Å². The van der Waals surface area contributed by atoms with Crippen molar-refractivity contribution in [2.45, 2.75) is 6.42 Å². The number of fused-ring (bicyclic) bond motifs is 1. The van der Waals surface area contributed by atoms with Crippen LogP contribution in [0.15, 0.2) is 23.2 Å². The Morgan fingerprint density at radius 2 is 2.21 bits per heavy atom. The van der Waals surface area contributed by atoms with E-state index in [1.54, 1.807) is 0 Å². The summed E-state index contributed by atoms with van der Waals surface area (Å²) in [5, 5.41) is 8.73. The molecule has 1 amide bonds. The molecule has 1 aromatic rings. The number of carboxylic acid groups (broad SMARTS) is 1. The van der Waals surface area contributed by atoms with Crippen LogP contribution in [-0.4, -0.2) is 23.2 Å². The quantitative estimate of drug-likeness (QED) is 0.720. The summed E-state index contributed by atoms with van der Waals surface area (Å²) in [6.07, 6.45) is 2.01. The third kappa shape index (κ3) is 1.31.